The van der Waals surface area contributed by atoms with E-state index in [9.17, 15) is 4.79 Å². The minimum atomic E-state index is -0.185. The summed E-state index contributed by atoms with van der Waals surface area (Å²) in [5.41, 5.74) is 0.668. The van der Waals surface area contributed by atoms with Gasteiger partial charge in [-0.3, -0.25) is 9.48 Å². The SMILES string of the molecule is Cc1nc(N2CCCN(c3ccc(=O)[nH]n3)CC2)c2cnn(C)c2n1. The number of aromatic nitrogens is 6. The third-order valence-electron chi connectivity index (χ3n) is 4.47. The van der Waals surface area contributed by atoms with Crippen LogP contribution in [0.25, 0.3) is 11.0 Å². The van der Waals surface area contributed by atoms with Crippen molar-refractivity contribution >= 4 is 22.7 Å². The second-order valence-corrected chi connectivity index (χ2v) is 6.21. The van der Waals surface area contributed by atoms with Gasteiger partial charge >= 0.3 is 0 Å². The summed E-state index contributed by atoms with van der Waals surface area (Å²) in [5.74, 6) is 2.48. The smallest absolute Gasteiger partial charge is 0.264 e. The average molecular weight is 340 g/mol. The number of hydrogen-bond donors (Lipinski definition) is 1. The van der Waals surface area contributed by atoms with Gasteiger partial charge in [0.1, 0.15) is 17.5 Å². The fraction of sp³-hybridized carbons (Fsp3) is 0.438. The molecule has 1 aliphatic rings. The van der Waals surface area contributed by atoms with Crippen LogP contribution in [0, 0.1) is 6.92 Å². The summed E-state index contributed by atoms with van der Waals surface area (Å²) in [6.45, 7) is 5.32. The van der Waals surface area contributed by atoms with E-state index >= 15 is 0 Å². The molecule has 0 radical (unpaired) electrons. The summed E-state index contributed by atoms with van der Waals surface area (Å²) in [6.07, 6.45) is 2.81. The Kier molecular flexibility index (Phi) is 3.83. The molecule has 0 aliphatic carbocycles. The molecule has 0 atom stereocenters. The van der Waals surface area contributed by atoms with Crippen molar-refractivity contribution in [2.45, 2.75) is 13.3 Å². The van der Waals surface area contributed by atoms with Crippen molar-refractivity contribution in [2.24, 2.45) is 7.05 Å². The van der Waals surface area contributed by atoms with E-state index in [1.54, 1.807) is 10.7 Å². The number of anilines is 2. The molecule has 0 unspecified atom stereocenters. The predicted octanol–water partition coefficient (Wildman–Crippen LogP) is 0.472. The molecule has 0 saturated carbocycles. The number of nitrogens with zero attached hydrogens (tertiary/aromatic N) is 7. The second-order valence-electron chi connectivity index (χ2n) is 6.21. The van der Waals surface area contributed by atoms with Crippen LogP contribution in [0.15, 0.2) is 23.1 Å². The lowest BCUT2D eigenvalue weighted by Gasteiger charge is -2.23. The third kappa shape index (κ3) is 2.92. The number of fused-ring (bicyclic) bond motifs is 1. The van der Waals surface area contributed by atoms with Gasteiger partial charge in [0.2, 0.25) is 0 Å². The molecule has 1 aliphatic heterocycles. The van der Waals surface area contributed by atoms with Crippen LogP contribution in [-0.2, 0) is 7.05 Å². The monoisotopic (exact) mass is 340 g/mol. The normalized spacial score (nSPS) is 15.6. The van der Waals surface area contributed by atoms with Gasteiger partial charge < -0.3 is 9.80 Å². The van der Waals surface area contributed by atoms with E-state index in [1.165, 1.54) is 6.07 Å². The molecule has 0 amide bonds. The summed E-state index contributed by atoms with van der Waals surface area (Å²) >= 11 is 0. The lowest BCUT2D eigenvalue weighted by Crippen LogP contribution is -2.32. The van der Waals surface area contributed by atoms with Crippen molar-refractivity contribution in [3.8, 4) is 0 Å². The molecular weight excluding hydrogens is 320 g/mol. The van der Waals surface area contributed by atoms with E-state index in [1.807, 2.05) is 20.2 Å². The molecular formula is C16H20N8O. The molecule has 0 aromatic carbocycles. The molecule has 9 heteroatoms. The van der Waals surface area contributed by atoms with E-state index in [-0.39, 0.29) is 5.56 Å². The molecule has 4 rings (SSSR count). The van der Waals surface area contributed by atoms with Crippen LogP contribution in [0.5, 0.6) is 0 Å². The van der Waals surface area contributed by atoms with Crippen LogP contribution in [-0.4, -0.2) is 56.1 Å². The zero-order chi connectivity index (χ0) is 17.4. The molecule has 130 valence electrons. The Morgan fingerprint density at radius 1 is 1.08 bits per heavy atom. The topological polar surface area (TPSA) is 95.8 Å². The summed E-state index contributed by atoms with van der Waals surface area (Å²) in [5, 5.41) is 11.9. The maximum absolute atomic E-state index is 11.2. The molecule has 4 heterocycles. The van der Waals surface area contributed by atoms with Gasteiger partial charge in [0.15, 0.2) is 5.65 Å². The quantitative estimate of drug-likeness (QED) is 0.724. The standard InChI is InChI=1S/C16H20N8O/c1-11-18-15-12(10-17-22(15)2)16(19-11)24-7-3-6-23(8-9-24)13-4-5-14(25)21-20-13/h4-5,10H,3,6-9H2,1-2H3,(H,21,25). The Morgan fingerprint density at radius 3 is 2.68 bits per heavy atom. The number of nitrogens with one attached hydrogen (secondary N) is 1. The van der Waals surface area contributed by atoms with Gasteiger partial charge in [0.05, 0.1) is 11.6 Å². The van der Waals surface area contributed by atoms with Crippen molar-refractivity contribution in [3.05, 3.63) is 34.5 Å². The van der Waals surface area contributed by atoms with Crippen molar-refractivity contribution in [2.75, 3.05) is 36.0 Å². The van der Waals surface area contributed by atoms with Gasteiger partial charge in [0.25, 0.3) is 5.56 Å². The summed E-state index contributed by atoms with van der Waals surface area (Å²) in [4.78, 5) is 24.8. The van der Waals surface area contributed by atoms with E-state index in [2.05, 4.69) is 35.1 Å². The van der Waals surface area contributed by atoms with Gasteiger partial charge in [0, 0.05) is 39.3 Å². The Labute approximate surface area is 144 Å². The van der Waals surface area contributed by atoms with Gasteiger partial charge in [-0.25, -0.2) is 15.1 Å². The van der Waals surface area contributed by atoms with E-state index < -0.39 is 0 Å². The fourth-order valence-electron chi connectivity index (χ4n) is 3.23. The Bertz CT molecular complexity index is 942. The van der Waals surface area contributed by atoms with Crippen LogP contribution >= 0.6 is 0 Å². The van der Waals surface area contributed by atoms with E-state index in [4.69, 9.17) is 0 Å². The highest BCUT2D eigenvalue weighted by Gasteiger charge is 2.20. The van der Waals surface area contributed by atoms with Gasteiger partial charge in [-0.2, -0.15) is 10.2 Å². The molecule has 0 bridgehead atoms. The molecule has 0 spiro atoms. The van der Waals surface area contributed by atoms with Gasteiger partial charge in [-0.15, -0.1) is 0 Å². The molecule has 25 heavy (non-hydrogen) atoms. The zero-order valence-corrected chi connectivity index (χ0v) is 14.3. The predicted molar refractivity (Wildman–Crippen MR) is 94.9 cm³/mol. The van der Waals surface area contributed by atoms with Crippen molar-refractivity contribution < 1.29 is 0 Å². The van der Waals surface area contributed by atoms with Crippen LogP contribution in [0.4, 0.5) is 11.6 Å². The maximum Gasteiger partial charge on any atom is 0.264 e. The number of aryl methyl sites for hydroxylation is 2. The van der Waals surface area contributed by atoms with Gasteiger partial charge in [-0.1, -0.05) is 0 Å². The summed E-state index contributed by atoms with van der Waals surface area (Å²) < 4.78 is 1.78. The Hall–Kier alpha value is -2.97. The van der Waals surface area contributed by atoms with Crippen LogP contribution in [0.2, 0.25) is 0 Å². The fourth-order valence-corrected chi connectivity index (χ4v) is 3.23. The van der Waals surface area contributed by atoms with Gasteiger partial charge in [-0.05, 0) is 19.4 Å². The summed E-state index contributed by atoms with van der Waals surface area (Å²) in [7, 11) is 1.89. The van der Waals surface area contributed by atoms with E-state index in [0.29, 0.717) is 0 Å². The van der Waals surface area contributed by atoms with Crippen molar-refractivity contribution in [1.82, 2.24) is 29.9 Å². The number of aromatic amines is 1. The van der Waals surface area contributed by atoms with Crippen LogP contribution in [0.1, 0.15) is 12.2 Å². The van der Waals surface area contributed by atoms with Crippen LogP contribution < -0.4 is 15.4 Å². The highest BCUT2D eigenvalue weighted by Crippen LogP contribution is 2.25. The highest BCUT2D eigenvalue weighted by molar-refractivity contribution is 5.87. The number of hydrogen-bond acceptors (Lipinski definition) is 7. The molecule has 1 fully saturated rings. The first-order valence-corrected chi connectivity index (χ1v) is 8.34. The highest BCUT2D eigenvalue weighted by atomic mass is 16.1. The molecule has 3 aromatic heterocycles. The Balaban J connectivity index is 1.61. The lowest BCUT2D eigenvalue weighted by molar-refractivity contribution is 0.778. The first-order chi connectivity index (χ1) is 12.1. The molecule has 3 aromatic rings. The van der Waals surface area contributed by atoms with Crippen molar-refractivity contribution in [1.29, 1.82) is 0 Å². The minimum absolute atomic E-state index is 0.185. The number of rotatable bonds is 2. The lowest BCUT2D eigenvalue weighted by atomic mass is 10.3. The largest absolute Gasteiger partial charge is 0.354 e. The minimum Gasteiger partial charge on any atom is -0.354 e. The average Bonchev–Trinajstić information content (AvgIpc) is 2.83. The summed E-state index contributed by atoms with van der Waals surface area (Å²) in [6, 6.07) is 3.28. The second kappa shape index (κ2) is 6.15. The number of H-pyrrole nitrogens is 1. The third-order valence-corrected chi connectivity index (χ3v) is 4.47. The van der Waals surface area contributed by atoms with Crippen molar-refractivity contribution in [3.63, 3.8) is 0 Å². The first kappa shape index (κ1) is 15.6. The van der Waals surface area contributed by atoms with Crippen LogP contribution in [0.3, 0.4) is 0 Å². The first-order valence-electron chi connectivity index (χ1n) is 8.34. The molecule has 1 N–H and O–H groups in total. The zero-order valence-electron chi connectivity index (χ0n) is 14.3. The Morgan fingerprint density at radius 2 is 1.88 bits per heavy atom. The maximum atomic E-state index is 11.2. The molecule has 9 nitrogen and oxygen atoms in total. The molecule has 1 saturated heterocycles. The van der Waals surface area contributed by atoms with E-state index in [0.717, 1.165) is 61.1 Å².